The normalized spacial score (nSPS) is 14.5. The van der Waals surface area contributed by atoms with Crippen LogP contribution in [0.1, 0.15) is 47.2 Å². The molecule has 1 spiro atoms. The fourth-order valence-electron chi connectivity index (χ4n) is 10.2. The second kappa shape index (κ2) is 11.0. The third-order valence-electron chi connectivity index (χ3n) is 12.3. The summed E-state index contributed by atoms with van der Waals surface area (Å²) in [6, 6.07) is 70.1. The van der Waals surface area contributed by atoms with Crippen LogP contribution in [0.2, 0.25) is 0 Å². The Kier molecular flexibility index (Phi) is 6.29. The van der Waals surface area contributed by atoms with E-state index in [-0.39, 0.29) is 10.8 Å². The molecule has 8 aromatic rings. The van der Waals surface area contributed by atoms with Crippen LogP contribution in [0.4, 0.5) is 17.1 Å². The molecule has 0 radical (unpaired) electrons. The average Bonchev–Trinajstić information content (AvgIpc) is 3.77. The van der Waals surface area contributed by atoms with Gasteiger partial charge in [0.1, 0.15) is 0 Å². The minimum Gasteiger partial charge on any atom is -0.310 e. The molecule has 11 rings (SSSR count). The van der Waals surface area contributed by atoms with Crippen molar-refractivity contribution in [2.24, 2.45) is 0 Å². The maximum Gasteiger partial charge on any atom is 0.0725 e. The number of rotatable bonds is 4. The molecule has 1 heteroatoms. The van der Waals surface area contributed by atoms with Crippen LogP contribution < -0.4 is 4.90 Å². The zero-order chi connectivity index (χ0) is 35.3. The summed E-state index contributed by atoms with van der Waals surface area (Å²) in [4.78, 5) is 2.54. The number of hydrogen-bond donors (Lipinski definition) is 0. The van der Waals surface area contributed by atoms with Gasteiger partial charge in [0.2, 0.25) is 0 Å². The third kappa shape index (κ3) is 3.97. The Bertz CT molecular complexity index is 2720. The molecular formula is C52H37N. The number of para-hydroxylation sites is 1. The van der Waals surface area contributed by atoms with Crippen LogP contribution in [0.25, 0.3) is 44.5 Å². The van der Waals surface area contributed by atoms with Crippen LogP contribution in [0, 0.1) is 0 Å². The Hall–Kier alpha value is -6.44. The van der Waals surface area contributed by atoms with Crippen molar-refractivity contribution in [2.45, 2.75) is 24.7 Å². The quantitative estimate of drug-likeness (QED) is 0.179. The topological polar surface area (TPSA) is 3.24 Å². The molecule has 3 aliphatic rings. The van der Waals surface area contributed by atoms with Crippen LogP contribution in [0.3, 0.4) is 0 Å². The van der Waals surface area contributed by atoms with Gasteiger partial charge in [0.25, 0.3) is 0 Å². The predicted octanol–water partition coefficient (Wildman–Crippen LogP) is 13.5. The molecule has 8 aromatic carbocycles. The number of anilines is 3. The van der Waals surface area contributed by atoms with Crippen molar-refractivity contribution in [2.75, 3.05) is 4.90 Å². The second-order valence-electron chi connectivity index (χ2n) is 15.2. The maximum atomic E-state index is 2.54. The highest BCUT2D eigenvalue weighted by Gasteiger charge is 2.51. The monoisotopic (exact) mass is 675 g/mol. The van der Waals surface area contributed by atoms with Gasteiger partial charge in [0.05, 0.1) is 16.8 Å². The molecule has 0 saturated heterocycles. The Morgan fingerprint density at radius 2 is 0.792 bits per heavy atom. The van der Waals surface area contributed by atoms with E-state index in [4.69, 9.17) is 0 Å². The summed E-state index contributed by atoms with van der Waals surface area (Å²) in [5, 5.41) is 0. The van der Waals surface area contributed by atoms with Crippen LogP contribution in [-0.2, 0) is 10.8 Å². The molecule has 0 heterocycles. The van der Waals surface area contributed by atoms with E-state index in [9.17, 15) is 0 Å². The largest absolute Gasteiger partial charge is 0.310 e. The van der Waals surface area contributed by atoms with E-state index in [1.807, 2.05) is 0 Å². The Balaban J connectivity index is 1.21. The average molecular weight is 676 g/mol. The SMILES string of the molecule is CC1(C)c2ccccc2-c2cccc(N(c3ccc4c(c3)-c3ccccc3C43c4ccccc4-c4ccccc43)c3ccccc3-c3ccccc3)c21. The van der Waals surface area contributed by atoms with Crippen molar-refractivity contribution in [3.8, 4) is 44.5 Å². The molecular weight excluding hydrogens is 639 g/mol. The lowest BCUT2D eigenvalue weighted by molar-refractivity contribution is 0.661. The molecule has 0 N–H and O–H groups in total. The van der Waals surface area contributed by atoms with E-state index in [0.717, 1.165) is 11.4 Å². The van der Waals surface area contributed by atoms with Gasteiger partial charge in [0, 0.05) is 16.7 Å². The van der Waals surface area contributed by atoms with Crippen molar-refractivity contribution in [1.82, 2.24) is 0 Å². The third-order valence-corrected chi connectivity index (χ3v) is 12.3. The standard InChI is InChI=1S/C52H37N/c1-51(2)43-25-11-6-22-39(43)41-24-16-30-49(50(41)51)53(48-29-15-10-19-36(48)34-17-4-3-5-18-34)35-31-32-47-42(33-35)40-23-9-14-28-46(40)52(47)44-26-12-7-20-37(44)38-21-8-13-27-45(38)52/h3-33H,1-2H3. The van der Waals surface area contributed by atoms with Gasteiger partial charge in [-0.2, -0.15) is 0 Å². The van der Waals surface area contributed by atoms with Gasteiger partial charge in [0.15, 0.2) is 0 Å². The smallest absolute Gasteiger partial charge is 0.0725 e. The molecule has 0 bridgehead atoms. The number of benzene rings is 8. The summed E-state index contributed by atoms with van der Waals surface area (Å²) in [7, 11) is 0. The molecule has 0 fully saturated rings. The van der Waals surface area contributed by atoms with Crippen molar-refractivity contribution < 1.29 is 0 Å². The van der Waals surface area contributed by atoms with Crippen LogP contribution in [0.5, 0.6) is 0 Å². The first-order chi connectivity index (χ1) is 26.1. The van der Waals surface area contributed by atoms with E-state index >= 15 is 0 Å². The number of hydrogen-bond acceptors (Lipinski definition) is 1. The van der Waals surface area contributed by atoms with Crippen molar-refractivity contribution >= 4 is 17.1 Å². The minimum absolute atomic E-state index is 0.187. The van der Waals surface area contributed by atoms with E-state index in [1.54, 1.807) is 0 Å². The number of fused-ring (bicyclic) bond motifs is 13. The fraction of sp³-hybridized carbons (Fsp3) is 0.0769. The summed E-state index contributed by atoms with van der Waals surface area (Å²) >= 11 is 0. The molecule has 53 heavy (non-hydrogen) atoms. The van der Waals surface area contributed by atoms with Crippen molar-refractivity contribution in [3.05, 3.63) is 221 Å². The summed E-state index contributed by atoms with van der Waals surface area (Å²) in [6.45, 7) is 4.78. The lowest BCUT2D eigenvalue weighted by Gasteiger charge is -2.34. The van der Waals surface area contributed by atoms with Gasteiger partial charge in [-0.25, -0.2) is 0 Å². The van der Waals surface area contributed by atoms with Gasteiger partial charge in [-0.1, -0.05) is 178 Å². The number of nitrogens with zero attached hydrogens (tertiary/aromatic N) is 1. The second-order valence-corrected chi connectivity index (χ2v) is 15.2. The molecule has 0 amide bonds. The Morgan fingerprint density at radius 3 is 1.43 bits per heavy atom. The molecule has 0 saturated carbocycles. The van der Waals surface area contributed by atoms with Gasteiger partial charge in [-0.05, 0) is 96.6 Å². The highest BCUT2D eigenvalue weighted by Crippen LogP contribution is 2.63. The van der Waals surface area contributed by atoms with Crippen LogP contribution >= 0.6 is 0 Å². The predicted molar refractivity (Wildman–Crippen MR) is 220 cm³/mol. The van der Waals surface area contributed by atoms with E-state index in [0.29, 0.717) is 0 Å². The molecule has 0 aromatic heterocycles. The van der Waals surface area contributed by atoms with E-state index in [2.05, 4.69) is 207 Å². The first-order valence-electron chi connectivity index (χ1n) is 18.7. The Morgan fingerprint density at radius 1 is 0.340 bits per heavy atom. The molecule has 0 unspecified atom stereocenters. The highest BCUT2D eigenvalue weighted by atomic mass is 15.1. The van der Waals surface area contributed by atoms with Crippen molar-refractivity contribution in [3.63, 3.8) is 0 Å². The fourth-order valence-corrected chi connectivity index (χ4v) is 10.2. The summed E-state index contributed by atoms with van der Waals surface area (Å²) in [6.07, 6.45) is 0. The van der Waals surface area contributed by atoms with Gasteiger partial charge in [-0.15, -0.1) is 0 Å². The Labute approximate surface area is 311 Å². The summed E-state index contributed by atoms with van der Waals surface area (Å²) < 4.78 is 0. The summed E-state index contributed by atoms with van der Waals surface area (Å²) in [5.74, 6) is 0. The lowest BCUT2D eigenvalue weighted by atomic mass is 9.70. The lowest BCUT2D eigenvalue weighted by Crippen LogP contribution is -2.26. The minimum atomic E-state index is -0.373. The van der Waals surface area contributed by atoms with Crippen molar-refractivity contribution in [1.29, 1.82) is 0 Å². The molecule has 3 aliphatic carbocycles. The zero-order valence-electron chi connectivity index (χ0n) is 29.8. The molecule has 0 atom stereocenters. The maximum absolute atomic E-state index is 2.54. The van der Waals surface area contributed by atoms with Crippen LogP contribution in [-0.4, -0.2) is 0 Å². The molecule has 0 aliphatic heterocycles. The van der Waals surface area contributed by atoms with Crippen LogP contribution in [0.15, 0.2) is 188 Å². The van der Waals surface area contributed by atoms with Gasteiger partial charge >= 0.3 is 0 Å². The summed E-state index contributed by atoms with van der Waals surface area (Å²) in [5.41, 5.74) is 21.5. The molecule has 250 valence electrons. The first-order valence-corrected chi connectivity index (χ1v) is 18.7. The van der Waals surface area contributed by atoms with Gasteiger partial charge in [-0.3, -0.25) is 0 Å². The zero-order valence-corrected chi connectivity index (χ0v) is 29.8. The molecule has 1 nitrogen and oxygen atoms in total. The van der Waals surface area contributed by atoms with E-state index in [1.165, 1.54) is 83.6 Å². The van der Waals surface area contributed by atoms with Gasteiger partial charge < -0.3 is 4.90 Å². The first kappa shape index (κ1) is 30.2. The highest BCUT2D eigenvalue weighted by molar-refractivity contribution is 5.99. The van der Waals surface area contributed by atoms with E-state index < -0.39 is 0 Å².